The van der Waals surface area contributed by atoms with Crippen LogP contribution >= 0.6 is 0 Å². The number of carbonyl (C=O) groups excluding carboxylic acids is 1. The molecule has 0 saturated heterocycles. The third-order valence-electron chi connectivity index (χ3n) is 2.48. The van der Waals surface area contributed by atoms with Crippen LogP contribution in [0.2, 0.25) is 0 Å². The molecule has 1 amide bonds. The van der Waals surface area contributed by atoms with Crippen molar-refractivity contribution in [1.29, 1.82) is 0 Å². The standard InChI is InChI=1S/C11H17N3O4S/c1-7-4-5-9(18-3)10(6-7)19(16,17)14-8(2)11(15)13-12/h4-6,8,14H,12H2,1-3H3,(H,13,15). The Labute approximate surface area is 112 Å². The number of carbonyl (C=O) groups is 1. The number of aryl methyl sites for hydroxylation is 1. The maximum atomic E-state index is 12.2. The normalized spacial score (nSPS) is 12.8. The minimum absolute atomic E-state index is 0.0216. The van der Waals surface area contributed by atoms with E-state index in [2.05, 4.69) is 4.72 Å². The van der Waals surface area contributed by atoms with Crippen molar-refractivity contribution in [3.63, 3.8) is 0 Å². The molecule has 1 rings (SSSR count). The molecule has 0 aliphatic heterocycles. The lowest BCUT2D eigenvalue weighted by atomic mass is 10.2. The second-order valence-corrected chi connectivity index (χ2v) is 5.69. The second-order valence-electron chi connectivity index (χ2n) is 4.01. The summed E-state index contributed by atoms with van der Waals surface area (Å²) in [5.74, 6) is 4.53. The van der Waals surface area contributed by atoms with Crippen molar-refractivity contribution in [3.8, 4) is 5.75 Å². The Morgan fingerprint density at radius 3 is 2.58 bits per heavy atom. The average molecular weight is 287 g/mol. The van der Waals surface area contributed by atoms with Gasteiger partial charge in [-0.2, -0.15) is 4.72 Å². The highest BCUT2D eigenvalue weighted by Gasteiger charge is 2.24. The van der Waals surface area contributed by atoms with Crippen LogP contribution in [0, 0.1) is 6.92 Å². The van der Waals surface area contributed by atoms with E-state index in [1.54, 1.807) is 19.1 Å². The fourth-order valence-electron chi connectivity index (χ4n) is 1.47. The Kier molecular flexibility index (Phi) is 4.87. The average Bonchev–Trinajstić information content (AvgIpc) is 2.37. The predicted octanol–water partition coefficient (Wildman–Crippen LogP) is -0.340. The van der Waals surface area contributed by atoms with Crippen molar-refractivity contribution in [2.75, 3.05) is 7.11 Å². The maximum Gasteiger partial charge on any atom is 0.251 e. The summed E-state index contributed by atoms with van der Waals surface area (Å²) in [4.78, 5) is 11.2. The first kappa shape index (κ1) is 15.4. The van der Waals surface area contributed by atoms with Crippen LogP contribution in [-0.2, 0) is 14.8 Å². The van der Waals surface area contributed by atoms with E-state index < -0.39 is 22.0 Å². The molecule has 0 heterocycles. The first-order valence-electron chi connectivity index (χ1n) is 5.49. The van der Waals surface area contributed by atoms with Crippen LogP contribution in [0.5, 0.6) is 5.75 Å². The number of sulfonamides is 1. The van der Waals surface area contributed by atoms with Crippen LogP contribution in [0.3, 0.4) is 0 Å². The molecule has 0 aromatic heterocycles. The molecule has 8 heteroatoms. The van der Waals surface area contributed by atoms with E-state index in [4.69, 9.17) is 10.6 Å². The number of hydrogen-bond acceptors (Lipinski definition) is 5. The monoisotopic (exact) mass is 287 g/mol. The molecule has 7 nitrogen and oxygen atoms in total. The quantitative estimate of drug-likeness (QED) is 0.390. The zero-order valence-corrected chi connectivity index (χ0v) is 11.7. The Balaban J connectivity index is 3.13. The molecule has 106 valence electrons. The summed E-state index contributed by atoms with van der Waals surface area (Å²) < 4.78 is 31.6. The van der Waals surface area contributed by atoms with E-state index in [-0.39, 0.29) is 10.6 Å². The zero-order valence-electron chi connectivity index (χ0n) is 10.9. The van der Waals surface area contributed by atoms with Gasteiger partial charge in [0.05, 0.1) is 13.2 Å². The summed E-state index contributed by atoms with van der Waals surface area (Å²) in [5.41, 5.74) is 2.64. The van der Waals surface area contributed by atoms with Crippen LogP contribution < -0.4 is 20.7 Å². The van der Waals surface area contributed by atoms with Crippen LogP contribution in [0.25, 0.3) is 0 Å². The first-order chi connectivity index (χ1) is 8.81. The Morgan fingerprint density at radius 1 is 1.42 bits per heavy atom. The predicted molar refractivity (Wildman–Crippen MR) is 69.8 cm³/mol. The van der Waals surface area contributed by atoms with Crippen molar-refractivity contribution in [1.82, 2.24) is 10.1 Å². The van der Waals surface area contributed by atoms with Crippen molar-refractivity contribution in [2.24, 2.45) is 5.84 Å². The van der Waals surface area contributed by atoms with Crippen molar-refractivity contribution >= 4 is 15.9 Å². The molecule has 19 heavy (non-hydrogen) atoms. The molecule has 1 aromatic carbocycles. The summed E-state index contributed by atoms with van der Waals surface area (Å²) in [6.45, 7) is 3.15. The molecule has 1 unspecified atom stereocenters. The van der Waals surface area contributed by atoms with Gasteiger partial charge in [0.2, 0.25) is 10.0 Å². The van der Waals surface area contributed by atoms with Crippen molar-refractivity contribution < 1.29 is 17.9 Å². The summed E-state index contributed by atoms with van der Waals surface area (Å²) in [5, 5.41) is 0. The van der Waals surface area contributed by atoms with Crippen LogP contribution in [0.15, 0.2) is 23.1 Å². The summed E-state index contributed by atoms with van der Waals surface area (Å²) >= 11 is 0. The Morgan fingerprint density at radius 2 is 2.05 bits per heavy atom. The molecular formula is C11H17N3O4S. The number of hydrazine groups is 1. The molecule has 1 atom stereocenters. The Bertz CT molecular complexity index is 571. The number of nitrogens with two attached hydrogens (primary N) is 1. The fourth-order valence-corrected chi connectivity index (χ4v) is 2.93. The highest BCUT2D eigenvalue weighted by Crippen LogP contribution is 2.24. The smallest absolute Gasteiger partial charge is 0.251 e. The van der Waals surface area contributed by atoms with Gasteiger partial charge in [-0.3, -0.25) is 10.2 Å². The number of benzene rings is 1. The molecule has 0 aliphatic rings. The lowest BCUT2D eigenvalue weighted by Gasteiger charge is -2.15. The zero-order chi connectivity index (χ0) is 14.6. The number of amides is 1. The van der Waals surface area contributed by atoms with E-state index in [0.29, 0.717) is 0 Å². The highest BCUT2D eigenvalue weighted by atomic mass is 32.2. The summed E-state index contributed by atoms with van der Waals surface area (Å²) in [6, 6.07) is 3.76. The van der Waals surface area contributed by atoms with Crippen LogP contribution in [0.4, 0.5) is 0 Å². The lowest BCUT2D eigenvalue weighted by molar-refractivity contribution is -0.122. The van der Waals surface area contributed by atoms with Gasteiger partial charge in [0, 0.05) is 0 Å². The van der Waals surface area contributed by atoms with Gasteiger partial charge in [-0.05, 0) is 31.5 Å². The van der Waals surface area contributed by atoms with Crippen molar-refractivity contribution in [3.05, 3.63) is 23.8 Å². The minimum atomic E-state index is -3.87. The van der Waals surface area contributed by atoms with E-state index in [0.717, 1.165) is 5.56 Å². The number of ether oxygens (including phenoxy) is 1. The lowest BCUT2D eigenvalue weighted by Crippen LogP contribution is -2.47. The molecule has 0 bridgehead atoms. The van der Waals surface area contributed by atoms with Gasteiger partial charge in [-0.25, -0.2) is 14.3 Å². The molecule has 1 aromatic rings. The fraction of sp³-hybridized carbons (Fsp3) is 0.364. The summed E-state index contributed by atoms with van der Waals surface area (Å²) in [6.07, 6.45) is 0. The number of methoxy groups -OCH3 is 1. The molecule has 0 spiro atoms. The SMILES string of the molecule is COc1ccc(C)cc1S(=O)(=O)NC(C)C(=O)NN. The minimum Gasteiger partial charge on any atom is -0.495 e. The van der Waals surface area contributed by atoms with Gasteiger partial charge in [0.25, 0.3) is 5.91 Å². The topological polar surface area (TPSA) is 111 Å². The van der Waals surface area contributed by atoms with E-state index in [1.165, 1.54) is 20.1 Å². The number of rotatable bonds is 5. The summed E-state index contributed by atoms with van der Waals surface area (Å²) in [7, 11) is -2.50. The van der Waals surface area contributed by atoms with Gasteiger partial charge in [0.15, 0.2) is 0 Å². The van der Waals surface area contributed by atoms with Crippen LogP contribution in [0.1, 0.15) is 12.5 Å². The third-order valence-corrected chi connectivity index (χ3v) is 4.04. The van der Waals surface area contributed by atoms with Gasteiger partial charge in [-0.15, -0.1) is 0 Å². The number of hydrogen-bond donors (Lipinski definition) is 3. The second kappa shape index (κ2) is 6.00. The molecule has 0 saturated carbocycles. The highest BCUT2D eigenvalue weighted by molar-refractivity contribution is 7.89. The molecule has 0 radical (unpaired) electrons. The van der Waals surface area contributed by atoms with E-state index in [1.807, 2.05) is 5.43 Å². The largest absolute Gasteiger partial charge is 0.495 e. The van der Waals surface area contributed by atoms with Gasteiger partial charge < -0.3 is 4.74 Å². The molecule has 0 aliphatic carbocycles. The van der Waals surface area contributed by atoms with Gasteiger partial charge in [-0.1, -0.05) is 6.07 Å². The number of nitrogens with one attached hydrogen (secondary N) is 2. The molecule has 4 N–H and O–H groups in total. The third kappa shape index (κ3) is 3.66. The van der Waals surface area contributed by atoms with E-state index in [9.17, 15) is 13.2 Å². The molecular weight excluding hydrogens is 270 g/mol. The Hall–Kier alpha value is -1.64. The van der Waals surface area contributed by atoms with E-state index >= 15 is 0 Å². The van der Waals surface area contributed by atoms with Gasteiger partial charge in [0.1, 0.15) is 10.6 Å². The first-order valence-corrected chi connectivity index (χ1v) is 6.97. The van der Waals surface area contributed by atoms with Crippen LogP contribution in [-0.4, -0.2) is 27.5 Å². The maximum absolute atomic E-state index is 12.2. The molecule has 0 fully saturated rings. The van der Waals surface area contributed by atoms with Gasteiger partial charge >= 0.3 is 0 Å². The van der Waals surface area contributed by atoms with Crippen molar-refractivity contribution in [2.45, 2.75) is 24.8 Å².